The average molecular weight is 235 g/mol. The zero-order chi connectivity index (χ0) is 12.0. The summed E-state index contributed by atoms with van der Waals surface area (Å²) in [6, 6.07) is 0.307. The van der Waals surface area contributed by atoms with Gasteiger partial charge in [0.05, 0.1) is 11.8 Å². The first kappa shape index (κ1) is 10.8. The fourth-order valence-corrected chi connectivity index (χ4v) is 3.21. The topological polar surface area (TPSA) is 66.4 Å². The molecular weight excluding hydrogens is 218 g/mol. The molecule has 0 aliphatic heterocycles. The van der Waals surface area contributed by atoms with Crippen molar-refractivity contribution in [2.75, 3.05) is 0 Å². The molecule has 0 radical (unpaired) electrons. The highest BCUT2D eigenvalue weighted by Crippen LogP contribution is 2.45. The predicted octanol–water partition coefficient (Wildman–Crippen LogP) is 1.18. The molecule has 4 heteroatoms. The van der Waals surface area contributed by atoms with Crippen molar-refractivity contribution in [3.63, 3.8) is 0 Å². The average Bonchev–Trinajstić information content (AvgIpc) is 3.13. The quantitative estimate of drug-likeness (QED) is 0.722. The highest BCUT2D eigenvalue weighted by Gasteiger charge is 2.48. The van der Waals surface area contributed by atoms with E-state index >= 15 is 0 Å². The molecular formula is C13H17NO3. The third kappa shape index (κ3) is 1.85. The second-order valence-electron chi connectivity index (χ2n) is 5.46. The lowest BCUT2D eigenvalue weighted by Crippen LogP contribution is -2.49. The number of carbonyl (C=O) groups excluding carboxylic acids is 1. The van der Waals surface area contributed by atoms with Gasteiger partial charge in [-0.25, -0.2) is 0 Å². The van der Waals surface area contributed by atoms with E-state index in [4.69, 9.17) is 0 Å². The van der Waals surface area contributed by atoms with E-state index in [0.717, 1.165) is 25.7 Å². The molecule has 2 saturated carbocycles. The van der Waals surface area contributed by atoms with Crippen molar-refractivity contribution in [1.82, 2.24) is 5.32 Å². The minimum absolute atomic E-state index is 0.0426. The summed E-state index contributed by atoms with van der Waals surface area (Å²) < 4.78 is 0. The Kier molecular flexibility index (Phi) is 2.45. The zero-order valence-electron chi connectivity index (χ0n) is 9.63. The van der Waals surface area contributed by atoms with Crippen LogP contribution in [-0.4, -0.2) is 23.0 Å². The fraction of sp³-hybridized carbons (Fsp3) is 0.692. The van der Waals surface area contributed by atoms with Gasteiger partial charge in [-0.05, 0) is 37.5 Å². The van der Waals surface area contributed by atoms with Gasteiger partial charge in [-0.2, -0.15) is 0 Å². The molecule has 2 bridgehead atoms. The van der Waals surface area contributed by atoms with Crippen molar-refractivity contribution < 1.29 is 14.7 Å². The number of rotatable bonds is 3. The van der Waals surface area contributed by atoms with Crippen LogP contribution < -0.4 is 5.32 Å². The molecule has 92 valence electrons. The van der Waals surface area contributed by atoms with Gasteiger partial charge in [0.1, 0.15) is 0 Å². The minimum Gasteiger partial charge on any atom is -0.481 e. The molecule has 0 aromatic heterocycles. The summed E-state index contributed by atoms with van der Waals surface area (Å²) in [5.41, 5.74) is 0. The van der Waals surface area contributed by atoms with Crippen molar-refractivity contribution >= 4 is 11.9 Å². The second-order valence-corrected chi connectivity index (χ2v) is 5.46. The van der Waals surface area contributed by atoms with E-state index in [1.165, 1.54) is 0 Å². The maximum Gasteiger partial charge on any atom is 0.307 e. The Morgan fingerprint density at radius 2 is 1.59 bits per heavy atom. The molecule has 4 aliphatic rings. The highest BCUT2D eigenvalue weighted by atomic mass is 16.4. The molecule has 2 fully saturated rings. The molecule has 0 aromatic rings. The van der Waals surface area contributed by atoms with E-state index in [9.17, 15) is 14.7 Å². The molecule has 17 heavy (non-hydrogen) atoms. The standard InChI is InChI=1S/C13H17NO3/c15-12(14-9-5-6-9)10-7-1-3-8(4-2-7)11(10)13(16)17/h1,3,7-11H,2,4-6H2,(H,14,15)(H,16,17). The molecule has 4 unspecified atom stereocenters. The van der Waals surface area contributed by atoms with Gasteiger partial charge in [-0.15, -0.1) is 0 Å². The molecule has 4 rings (SSSR count). The van der Waals surface area contributed by atoms with Crippen molar-refractivity contribution in [3.05, 3.63) is 12.2 Å². The Balaban J connectivity index is 1.82. The maximum absolute atomic E-state index is 12.1. The summed E-state index contributed by atoms with van der Waals surface area (Å²) in [4.78, 5) is 23.5. The zero-order valence-corrected chi connectivity index (χ0v) is 9.63. The SMILES string of the molecule is O=C(O)C1C2C=CC(CC2)C1C(=O)NC1CC1. The summed E-state index contributed by atoms with van der Waals surface area (Å²) in [5.74, 6) is -1.55. The van der Waals surface area contributed by atoms with Crippen molar-refractivity contribution in [1.29, 1.82) is 0 Å². The number of carboxylic acid groups (broad SMARTS) is 1. The summed E-state index contributed by atoms with van der Waals surface area (Å²) in [5, 5.41) is 12.3. The molecule has 0 aromatic carbocycles. The smallest absolute Gasteiger partial charge is 0.307 e. The van der Waals surface area contributed by atoms with Crippen LogP contribution in [0.1, 0.15) is 25.7 Å². The molecule has 0 saturated heterocycles. The molecule has 0 heterocycles. The maximum atomic E-state index is 12.1. The van der Waals surface area contributed by atoms with Crippen LogP contribution in [0.2, 0.25) is 0 Å². The molecule has 1 amide bonds. The Labute approximate surface area is 100 Å². The van der Waals surface area contributed by atoms with Gasteiger partial charge < -0.3 is 10.4 Å². The number of aliphatic carboxylic acids is 1. The number of hydrogen-bond acceptors (Lipinski definition) is 2. The van der Waals surface area contributed by atoms with Crippen LogP contribution in [0.15, 0.2) is 12.2 Å². The van der Waals surface area contributed by atoms with Crippen LogP contribution in [0, 0.1) is 23.7 Å². The van der Waals surface area contributed by atoms with E-state index in [2.05, 4.69) is 5.32 Å². The lowest BCUT2D eigenvalue weighted by molar-refractivity contribution is -0.153. The molecule has 0 spiro atoms. The lowest BCUT2D eigenvalue weighted by Gasteiger charge is -2.41. The van der Waals surface area contributed by atoms with Crippen molar-refractivity contribution in [2.45, 2.75) is 31.7 Å². The van der Waals surface area contributed by atoms with Gasteiger partial charge in [0.15, 0.2) is 0 Å². The lowest BCUT2D eigenvalue weighted by atomic mass is 9.62. The van der Waals surface area contributed by atoms with Crippen molar-refractivity contribution in [3.8, 4) is 0 Å². The Morgan fingerprint density at radius 3 is 2.06 bits per heavy atom. The summed E-state index contributed by atoms with van der Waals surface area (Å²) in [7, 11) is 0. The van der Waals surface area contributed by atoms with Gasteiger partial charge in [0.25, 0.3) is 0 Å². The second kappa shape index (κ2) is 3.86. The molecule has 4 atom stereocenters. The van der Waals surface area contributed by atoms with Crippen LogP contribution in [0.4, 0.5) is 0 Å². The molecule has 4 aliphatic carbocycles. The highest BCUT2D eigenvalue weighted by molar-refractivity contribution is 5.86. The van der Waals surface area contributed by atoms with Gasteiger partial charge in [0.2, 0.25) is 5.91 Å². The predicted molar refractivity (Wildman–Crippen MR) is 61.1 cm³/mol. The third-order valence-electron chi connectivity index (χ3n) is 4.26. The monoisotopic (exact) mass is 235 g/mol. The number of fused-ring (bicyclic) bond motifs is 2. The van der Waals surface area contributed by atoms with E-state index in [1.54, 1.807) is 0 Å². The van der Waals surface area contributed by atoms with Crippen molar-refractivity contribution in [2.24, 2.45) is 23.7 Å². The first-order valence-corrected chi connectivity index (χ1v) is 6.38. The van der Waals surface area contributed by atoms with E-state index < -0.39 is 11.9 Å². The summed E-state index contributed by atoms with van der Waals surface area (Å²) >= 11 is 0. The number of carbonyl (C=O) groups is 2. The number of amides is 1. The van der Waals surface area contributed by atoms with Crippen LogP contribution >= 0.6 is 0 Å². The largest absolute Gasteiger partial charge is 0.481 e. The summed E-state index contributed by atoms with van der Waals surface area (Å²) in [6.07, 6.45) is 7.98. The first-order chi connectivity index (χ1) is 8.16. The van der Waals surface area contributed by atoms with Gasteiger partial charge >= 0.3 is 5.97 Å². The Bertz CT molecular complexity index is 386. The Hall–Kier alpha value is -1.32. The van der Waals surface area contributed by atoms with Crippen LogP contribution in [0.3, 0.4) is 0 Å². The summed E-state index contributed by atoms with van der Waals surface area (Å²) in [6.45, 7) is 0. The van der Waals surface area contributed by atoms with E-state index in [-0.39, 0.29) is 23.7 Å². The van der Waals surface area contributed by atoms with Crippen LogP contribution in [-0.2, 0) is 9.59 Å². The molecule has 2 N–H and O–H groups in total. The van der Waals surface area contributed by atoms with E-state index in [0.29, 0.717) is 6.04 Å². The van der Waals surface area contributed by atoms with Crippen LogP contribution in [0.5, 0.6) is 0 Å². The van der Waals surface area contributed by atoms with Gasteiger partial charge in [-0.1, -0.05) is 12.2 Å². The number of allylic oxidation sites excluding steroid dienone is 2. The Morgan fingerprint density at radius 1 is 1.00 bits per heavy atom. The normalized spacial score (nSPS) is 39.1. The minimum atomic E-state index is -0.819. The molecule has 4 nitrogen and oxygen atoms in total. The van der Waals surface area contributed by atoms with E-state index in [1.807, 2.05) is 12.2 Å². The van der Waals surface area contributed by atoms with Gasteiger partial charge in [0, 0.05) is 6.04 Å². The third-order valence-corrected chi connectivity index (χ3v) is 4.26. The number of carboxylic acids is 1. The fourth-order valence-electron chi connectivity index (χ4n) is 3.21. The van der Waals surface area contributed by atoms with Gasteiger partial charge in [-0.3, -0.25) is 9.59 Å². The van der Waals surface area contributed by atoms with Crippen LogP contribution in [0.25, 0.3) is 0 Å². The number of hydrogen-bond donors (Lipinski definition) is 2. The first-order valence-electron chi connectivity index (χ1n) is 6.38. The number of nitrogens with one attached hydrogen (secondary N) is 1.